The molecular weight excluding hydrogens is 300 g/mol. The Morgan fingerprint density at radius 1 is 0.944 bits per heavy atom. The van der Waals surface area contributed by atoms with E-state index >= 15 is 0 Å². The fraction of sp³-hybridized carbons (Fsp3) is 0. The molecule has 92 valence electrons. The largest absolute Gasteiger partial charge is 0.278 e. The van der Waals surface area contributed by atoms with Crippen molar-refractivity contribution in [2.75, 3.05) is 4.90 Å². The van der Waals surface area contributed by atoms with Crippen LogP contribution in [0, 0.1) is 0 Å². The Hall–Kier alpha value is -1.36. The molecular formula is C11H4Cl3NO3. The summed E-state index contributed by atoms with van der Waals surface area (Å²) in [6.45, 7) is 0. The van der Waals surface area contributed by atoms with Gasteiger partial charge in [-0.2, -0.15) is 0 Å². The van der Waals surface area contributed by atoms with Crippen molar-refractivity contribution in [1.82, 2.24) is 0 Å². The lowest BCUT2D eigenvalue weighted by Gasteiger charge is -2.14. The van der Waals surface area contributed by atoms with Crippen molar-refractivity contribution in [1.29, 1.82) is 0 Å². The highest BCUT2D eigenvalue weighted by atomic mass is 35.5. The lowest BCUT2D eigenvalue weighted by Crippen LogP contribution is -2.30. The van der Waals surface area contributed by atoms with E-state index in [2.05, 4.69) is 0 Å². The molecule has 2 amide bonds. The first kappa shape index (κ1) is 13.1. The molecule has 0 N–H and O–H groups in total. The molecule has 0 aromatic heterocycles. The van der Waals surface area contributed by atoms with Gasteiger partial charge in [-0.3, -0.25) is 14.4 Å². The van der Waals surface area contributed by atoms with E-state index in [-0.39, 0.29) is 21.3 Å². The van der Waals surface area contributed by atoms with Crippen molar-refractivity contribution in [2.45, 2.75) is 0 Å². The van der Waals surface area contributed by atoms with Gasteiger partial charge in [-0.25, -0.2) is 4.90 Å². The summed E-state index contributed by atoms with van der Waals surface area (Å²) >= 11 is 16.5. The summed E-state index contributed by atoms with van der Waals surface area (Å²) in [4.78, 5) is 35.1. The van der Waals surface area contributed by atoms with Crippen LogP contribution in [0.2, 0.25) is 0 Å². The molecule has 0 saturated heterocycles. The van der Waals surface area contributed by atoms with Gasteiger partial charge in [0.25, 0.3) is 17.1 Å². The van der Waals surface area contributed by atoms with E-state index in [4.69, 9.17) is 34.8 Å². The van der Waals surface area contributed by atoms with Gasteiger partial charge in [0.15, 0.2) is 0 Å². The van der Waals surface area contributed by atoms with E-state index < -0.39 is 17.1 Å². The van der Waals surface area contributed by atoms with E-state index in [1.165, 1.54) is 24.3 Å². The number of amides is 2. The minimum Gasteiger partial charge on any atom is -0.276 e. The predicted octanol–water partition coefficient (Wildman–Crippen LogP) is 2.63. The van der Waals surface area contributed by atoms with Gasteiger partial charge in [0, 0.05) is 5.56 Å². The third-order valence-corrected chi connectivity index (χ3v) is 3.34. The number of carbonyl (C=O) groups is 3. The topological polar surface area (TPSA) is 54.5 Å². The average molecular weight is 305 g/mol. The fourth-order valence-electron chi connectivity index (χ4n) is 1.45. The van der Waals surface area contributed by atoms with Crippen molar-refractivity contribution in [3.8, 4) is 0 Å². The number of nitrogens with zero attached hydrogens (tertiary/aromatic N) is 1. The van der Waals surface area contributed by atoms with Crippen LogP contribution in [0.25, 0.3) is 0 Å². The smallest absolute Gasteiger partial charge is 0.276 e. The molecule has 1 heterocycles. The van der Waals surface area contributed by atoms with Crippen LogP contribution in [-0.2, 0) is 9.59 Å². The van der Waals surface area contributed by atoms with Gasteiger partial charge < -0.3 is 0 Å². The quantitative estimate of drug-likeness (QED) is 0.623. The molecule has 0 saturated carbocycles. The standard InChI is InChI=1S/C11H4Cl3NO3/c12-7-8(13)11(18)15(10(7)17)6-3-1-5(2-4-6)9(14)16/h1-4H. The first-order valence-electron chi connectivity index (χ1n) is 4.67. The van der Waals surface area contributed by atoms with Gasteiger partial charge in [-0.05, 0) is 35.9 Å². The van der Waals surface area contributed by atoms with Crippen molar-refractivity contribution < 1.29 is 14.4 Å². The minimum absolute atomic E-state index is 0.254. The number of benzene rings is 1. The second kappa shape index (κ2) is 4.72. The molecule has 1 aromatic rings. The SMILES string of the molecule is O=C(Cl)c1ccc(N2C(=O)C(Cl)=C(Cl)C2=O)cc1. The zero-order valence-corrected chi connectivity index (χ0v) is 10.9. The van der Waals surface area contributed by atoms with Gasteiger partial charge in [0.1, 0.15) is 10.1 Å². The molecule has 0 fully saturated rings. The van der Waals surface area contributed by atoms with Crippen molar-refractivity contribution in [2.24, 2.45) is 0 Å². The molecule has 4 nitrogen and oxygen atoms in total. The highest BCUT2D eigenvalue weighted by Crippen LogP contribution is 2.31. The lowest BCUT2D eigenvalue weighted by atomic mass is 10.2. The molecule has 18 heavy (non-hydrogen) atoms. The van der Waals surface area contributed by atoms with Crippen LogP contribution in [0.1, 0.15) is 10.4 Å². The van der Waals surface area contributed by atoms with Crippen LogP contribution >= 0.6 is 34.8 Å². The number of rotatable bonds is 2. The number of carbonyl (C=O) groups excluding carboxylic acids is 3. The normalized spacial score (nSPS) is 15.6. The zero-order valence-electron chi connectivity index (χ0n) is 8.62. The summed E-state index contributed by atoms with van der Waals surface area (Å²) in [7, 11) is 0. The van der Waals surface area contributed by atoms with E-state index in [9.17, 15) is 14.4 Å². The van der Waals surface area contributed by atoms with E-state index in [1.54, 1.807) is 0 Å². The highest BCUT2D eigenvalue weighted by Gasteiger charge is 2.37. The van der Waals surface area contributed by atoms with Gasteiger partial charge in [0.05, 0.1) is 5.69 Å². The number of hydrogen-bond acceptors (Lipinski definition) is 3. The molecule has 0 atom stereocenters. The molecule has 2 rings (SSSR count). The number of imide groups is 1. The van der Waals surface area contributed by atoms with Gasteiger partial charge in [0.2, 0.25) is 0 Å². The second-order valence-corrected chi connectivity index (χ2v) is 4.49. The molecule has 0 spiro atoms. The number of halogens is 3. The summed E-state index contributed by atoms with van der Waals surface area (Å²) in [6, 6.07) is 5.60. The summed E-state index contributed by atoms with van der Waals surface area (Å²) < 4.78 is 0. The van der Waals surface area contributed by atoms with Gasteiger partial charge in [-0.15, -0.1) is 0 Å². The van der Waals surface area contributed by atoms with Crippen LogP contribution in [0.15, 0.2) is 34.3 Å². The Balaban J connectivity index is 2.37. The van der Waals surface area contributed by atoms with Gasteiger partial charge >= 0.3 is 0 Å². The Morgan fingerprint density at radius 3 is 1.78 bits per heavy atom. The maximum atomic E-state index is 11.7. The second-order valence-electron chi connectivity index (χ2n) is 3.39. The maximum absolute atomic E-state index is 11.7. The summed E-state index contributed by atoms with van der Waals surface area (Å²) in [6.07, 6.45) is 0. The van der Waals surface area contributed by atoms with E-state index in [1.807, 2.05) is 0 Å². The first-order chi connectivity index (χ1) is 8.43. The van der Waals surface area contributed by atoms with Crippen molar-refractivity contribution >= 4 is 57.5 Å². The molecule has 1 aliphatic heterocycles. The average Bonchev–Trinajstić information content (AvgIpc) is 2.54. The van der Waals surface area contributed by atoms with Crippen LogP contribution < -0.4 is 4.90 Å². The number of anilines is 1. The van der Waals surface area contributed by atoms with E-state index in [0.717, 1.165) is 4.90 Å². The van der Waals surface area contributed by atoms with Crippen LogP contribution in [0.3, 0.4) is 0 Å². The molecule has 1 aliphatic rings. The maximum Gasteiger partial charge on any atom is 0.278 e. The molecule has 0 bridgehead atoms. The van der Waals surface area contributed by atoms with Crippen LogP contribution in [-0.4, -0.2) is 17.1 Å². The zero-order chi connectivity index (χ0) is 13.4. The highest BCUT2D eigenvalue weighted by molar-refractivity contribution is 6.67. The van der Waals surface area contributed by atoms with Crippen LogP contribution in [0.5, 0.6) is 0 Å². The molecule has 1 aromatic carbocycles. The van der Waals surface area contributed by atoms with Crippen molar-refractivity contribution in [3.63, 3.8) is 0 Å². The summed E-state index contributed by atoms with van der Waals surface area (Å²) in [5.74, 6) is -1.40. The first-order valence-corrected chi connectivity index (χ1v) is 5.81. The summed E-state index contributed by atoms with van der Waals surface area (Å²) in [5.41, 5.74) is 0.519. The van der Waals surface area contributed by atoms with E-state index in [0.29, 0.717) is 0 Å². The molecule has 0 radical (unpaired) electrons. The third kappa shape index (κ3) is 2.03. The monoisotopic (exact) mass is 303 g/mol. The van der Waals surface area contributed by atoms with Crippen molar-refractivity contribution in [3.05, 3.63) is 39.9 Å². The lowest BCUT2D eigenvalue weighted by molar-refractivity contribution is -0.120. The molecule has 0 aliphatic carbocycles. The Kier molecular flexibility index (Phi) is 3.43. The fourth-order valence-corrected chi connectivity index (χ4v) is 1.91. The molecule has 7 heteroatoms. The predicted molar refractivity (Wildman–Crippen MR) is 67.9 cm³/mol. The minimum atomic E-state index is -0.698. The molecule has 0 unspecified atom stereocenters. The Bertz CT molecular complexity index is 568. The summed E-state index contributed by atoms with van der Waals surface area (Å²) in [5, 5.41) is -1.27. The number of hydrogen-bond donors (Lipinski definition) is 0. The van der Waals surface area contributed by atoms with Crippen LogP contribution in [0.4, 0.5) is 5.69 Å². The Morgan fingerprint density at radius 2 is 1.39 bits per heavy atom. The Labute approximate surface area is 117 Å². The third-order valence-electron chi connectivity index (χ3n) is 2.33. The van der Waals surface area contributed by atoms with Gasteiger partial charge in [-0.1, -0.05) is 23.2 Å².